The second-order valence-electron chi connectivity index (χ2n) is 5.46. The van der Waals surface area contributed by atoms with E-state index >= 15 is 0 Å². The van der Waals surface area contributed by atoms with E-state index in [2.05, 4.69) is 12.2 Å². The van der Waals surface area contributed by atoms with Gasteiger partial charge in [0.05, 0.1) is 6.10 Å². The number of hydrogen-bond donors (Lipinski definition) is 1. The highest BCUT2D eigenvalue weighted by atomic mass is 32.2. The molecule has 1 saturated heterocycles. The zero-order valence-electron chi connectivity index (χ0n) is 13.0. The molecule has 1 fully saturated rings. The lowest BCUT2D eigenvalue weighted by Gasteiger charge is -2.14. The molecule has 0 aliphatic carbocycles. The second kappa shape index (κ2) is 6.91. The van der Waals surface area contributed by atoms with Crippen molar-refractivity contribution in [3.05, 3.63) is 18.0 Å². The quantitative estimate of drug-likeness (QED) is 0.761. The number of nitrogens with zero attached hydrogens (tertiary/aromatic N) is 2. The van der Waals surface area contributed by atoms with E-state index in [0.29, 0.717) is 24.5 Å². The van der Waals surface area contributed by atoms with Crippen molar-refractivity contribution in [2.24, 2.45) is 7.05 Å². The molecule has 0 amide bonds. The number of hydrogen-bond acceptors (Lipinski definition) is 4. The van der Waals surface area contributed by atoms with Gasteiger partial charge >= 0.3 is 0 Å². The molecule has 0 saturated carbocycles. The summed E-state index contributed by atoms with van der Waals surface area (Å²) in [5.74, 6) is 0. The molecule has 1 aliphatic rings. The van der Waals surface area contributed by atoms with Crippen LogP contribution < -0.4 is 5.32 Å². The summed E-state index contributed by atoms with van der Waals surface area (Å²) in [6.07, 6.45) is 3.52. The van der Waals surface area contributed by atoms with Crippen LogP contribution in [-0.2, 0) is 28.4 Å². The molecule has 0 bridgehead atoms. The number of ether oxygens (including phenoxy) is 1. The van der Waals surface area contributed by atoms with Gasteiger partial charge in [0.15, 0.2) is 0 Å². The van der Waals surface area contributed by atoms with Crippen LogP contribution in [0.5, 0.6) is 0 Å². The fourth-order valence-electron chi connectivity index (χ4n) is 2.54. The standard InChI is InChI=1S/C14H25N3O3S/c1-4-6-15-9-12-8-14(11-16(12)2)21(18,19)17-7-5-13(10-17)20-3/h8,11,13,15H,4-7,9-10H2,1-3H3. The van der Waals surface area contributed by atoms with E-state index in [-0.39, 0.29) is 6.10 Å². The predicted octanol–water partition coefficient (Wildman–Crippen LogP) is 0.934. The van der Waals surface area contributed by atoms with Crippen LogP contribution >= 0.6 is 0 Å². The van der Waals surface area contributed by atoms with Crippen LogP contribution in [0.2, 0.25) is 0 Å². The molecule has 0 aromatic carbocycles. The maximum absolute atomic E-state index is 12.6. The van der Waals surface area contributed by atoms with Crippen molar-refractivity contribution < 1.29 is 13.2 Å². The monoisotopic (exact) mass is 315 g/mol. The minimum Gasteiger partial charge on any atom is -0.380 e. The number of sulfonamides is 1. The van der Waals surface area contributed by atoms with Gasteiger partial charge in [0.2, 0.25) is 10.0 Å². The van der Waals surface area contributed by atoms with Gasteiger partial charge in [-0.3, -0.25) is 0 Å². The van der Waals surface area contributed by atoms with Crippen molar-refractivity contribution in [2.75, 3.05) is 26.7 Å². The van der Waals surface area contributed by atoms with Gasteiger partial charge in [-0.2, -0.15) is 4.31 Å². The first-order valence-electron chi connectivity index (χ1n) is 7.38. The van der Waals surface area contributed by atoms with E-state index < -0.39 is 10.0 Å². The summed E-state index contributed by atoms with van der Waals surface area (Å²) in [6, 6.07) is 1.76. The third kappa shape index (κ3) is 3.66. The van der Waals surface area contributed by atoms with Crippen LogP contribution in [0.25, 0.3) is 0 Å². The molecule has 6 nitrogen and oxygen atoms in total. The van der Waals surface area contributed by atoms with Crippen LogP contribution in [0.4, 0.5) is 0 Å². The highest BCUT2D eigenvalue weighted by Gasteiger charge is 2.33. The Bertz CT molecular complexity index is 568. The summed E-state index contributed by atoms with van der Waals surface area (Å²) in [5, 5.41) is 3.29. The van der Waals surface area contributed by atoms with Gasteiger partial charge in [-0.1, -0.05) is 6.92 Å². The van der Waals surface area contributed by atoms with E-state index in [4.69, 9.17) is 4.74 Å². The Morgan fingerprint density at radius 1 is 1.48 bits per heavy atom. The lowest BCUT2D eigenvalue weighted by molar-refractivity contribution is 0.115. The Morgan fingerprint density at radius 2 is 2.24 bits per heavy atom. The van der Waals surface area contributed by atoms with E-state index in [0.717, 1.165) is 25.1 Å². The van der Waals surface area contributed by atoms with Gasteiger partial charge in [-0.05, 0) is 25.5 Å². The maximum atomic E-state index is 12.6. The van der Waals surface area contributed by atoms with Gasteiger partial charge in [0, 0.05) is 45.7 Å². The number of methoxy groups -OCH3 is 1. The first-order valence-corrected chi connectivity index (χ1v) is 8.82. The molecule has 2 rings (SSSR count). The molecule has 1 aliphatic heterocycles. The zero-order valence-corrected chi connectivity index (χ0v) is 13.8. The smallest absolute Gasteiger partial charge is 0.244 e. The lowest BCUT2D eigenvalue weighted by Crippen LogP contribution is -2.29. The van der Waals surface area contributed by atoms with Crippen molar-refractivity contribution in [1.29, 1.82) is 0 Å². The minimum atomic E-state index is -3.41. The number of nitrogens with one attached hydrogen (secondary N) is 1. The van der Waals surface area contributed by atoms with Crippen molar-refractivity contribution >= 4 is 10.0 Å². The number of aromatic nitrogens is 1. The minimum absolute atomic E-state index is 0.00850. The molecule has 1 unspecified atom stereocenters. The molecule has 7 heteroatoms. The van der Waals surface area contributed by atoms with Gasteiger partial charge in [-0.15, -0.1) is 0 Å². The Balaban J connectivity index is 2.12. The molecule has 1 aromatic rings. The number of aryl methyl sites for hydroxylation is 1. The summed E-state index contributed by atoms with van der Waals surface area (Å²) in [7, 11) is 0.0954. The predicted molar refractivity (Wildman–Crippen MR) is 81.6 cm³/mol. The highest BCUT2D eigenvalue weighted by Crippen LogP contribution is 2.23. The van der Waals surface area contributed by atoms with Gasteiger partial charge < -0.3 is 14.6 Å². The van der Waals surface area contributed by atoms with Crippen molar-refractivity contribution in [3.8, 4) is 0 Å². The normalized spacial score (nSPS) is 20.2. The molecule has 2 heterocycles. The van der Waals surface area contributed by atoms with Crippen LogP contribution in [0.15, 0.2) is 17.2 Å². The first-order chi connectivity index (χ1) is 9.98. The van der Waals surface area contributed by atoms with E-state index in [1.54, 1.807) is 19.4 Å². The average Bonchev–Trinajstić information content (AvgIpc) is 3.07. The Morgan fingerprint density at radius 3 is 2.86 bits per heavy atom. The van der Waals surface area contributed by atoms with Gasteiger partial charge in [0.25, 0.3) is 0 Å². The molecule has 1 N–H and O–H groups in total. The SMILES string of the molecule is CCCNCc1cc(S(=O)(=O)N2CCC(OC)C2)cn1C. The highest BCUT2D eigenvalue weighted by molar-refractivity contribution is 7.89. The van der Waals surface area contributed by atoms with Crippen LogP contribution in [0.3, 0.4) is 0 Å². The van der Waals surface area contributed by atoms with E-state index in [1.165, 1.54) is 4.31 Å². The summed E-state index contributed by atoms with van der Waals surface area (Å²) < 4.78 is 33.9. The fraction of sp³-hybridized carbons (Fsp3) is 0.714. The largest absolute Gasteiger partial charge is 0.380 e. The molecular weight excluding hydrogens is 290 g/mol. The molecule has 1 atom stereocenters. The third-order valence-electron chi connectivity index (χ3n) is 3.89. The molecule has 21 heavy (non-hydrogen) atoms. The maximum Gasteiger partial charge on any atom is 0.244 e. The summed E-state index contributed by atoms with van der Waals surface area (Å²) in [4.78, 5) is 0.370. The fourth-order valence-corrected chi connectivity index (χ4v) is 4.13. The Kier molecular flexibility index (Phi) is 5.43. The molecule has 120 valence electrons. The van der Waals surface area contributed by atoms with Crippen LogP contribution in [0.1, 0.15) is 25.5 Å². The molecule has 0 radical (unpaired) electrons. The Labute approximate surface area is 127 Å². The average molecular weight is 315 g/mol. The second-order valence-corrected chi connectivity index (χ2v) is 7.40. The first kappa shape index (κ1) is 16.5. The summed E-state index contributed by atoms with van der Waals surface area (Å²) in [6.45, 7) is 4.68. The van der Waals surface area contributed by atoms with Crippen molar-refractivity contribution in [2.45, 2.75) is 37.3 Å². The summed E-state index contributed by atoms with van der Waals surface area (Å²) in [5.41, 5.74) is 0.976. The van der Waals surface area contributed by atoms with Gasteiger partial charge in [-0.25, -0.2) is 8.42 Å². The number of rotatable bonds is 7. The van der Waals surface area contributed by atoms with Crippen molar-refractivity contribution in [3.63, 3.8) is 0 Å². The lowest BCUT2D eigenvalue weighted by atomic mass is 10.3. The topological polar surface area (TPSA) is 63.6 Å². The molecular formula is C14H25N3O3S. The van der Waals surface area contributed by atoms with Crippen molar-refractivity contribution in [1.82, 2.24) is 14.2 Å². The third-order valence-corrected chi connectivity index (χ3v) is 5.73. The summed E-state index contributed by atoms with van der Waals surface area (Å²) >= 11 is 0. The van der Waals surface area contributed by atoms with Crippen LogP contribution in [0, 0.1) is 0 Å². The molecule has 1 aromatic heterocycles. The van der Waals surface area contributed by atoms with E-state index in [1.807, 2.05) is 11.6 Å². The Hall–Kier alpha value is -0.890. The van der Waals surface area contributed by atoms with Gasteiger partial charge in [0.1, 0.15) is 4.90 Å². The zero-order chi connectivity index (χ0) is 15.5. The van der Waals surface area contributed by atoms with Crippen LogP contribution in [-0.4, -0.2) is 50.1 Å². The van der Waals surface area contributed by atoms with E-state index in [9.17, 15) is 8.42 Å². The molecule has 0 spiro atoms.